The van der Waals surface area contributed by atoms with Crippen LogP contribution in [-0.2, 0) is 10.0 Å². The standard InChI is InChI=1S/C14H20N4O2S/c1-2-18(11-12-6-3-4-8-16-12)21(19,20)14-7-5-9-17-13(14)10-15/h5,7,9,12,16H,2-4,6,8,11H2,1H3. The summed E-state index contributed by atoms with van der Waals surface area (Å²) in [4.78, 5) is 3.84. The molecular weight excluding hydrogens is 288 g/mol. The maximum atomic E-state index is 12.7. The minimum atomic E-state index is -3.68. The van der Waals surface area contributed by atoms with Gasteiger partial charge in [-0.25, -0.2) is 13.4 Å². The van der Waals surface area contributed by atoms with E-state index in [1.807, 2.05) is 13.0 Å². The molecule has 0 aromatic carbocycles. The van der Waals surface area contributed by atoms with Gasteiger partial charge in [-0.15, -0.1) is 0 Å². The second-order valence-electron chi connectivity index (χ2n) is 5.06. The Morgan fingerprint density at radius 3 is 2.95 bits per heavy atom. The van der Waals surface area contributed by atoms with Crippen LogP contribution >= 0.6 is 0 Å². The van der Waals surface area contributed by atoms with Crippen LogP contribution in [0.1, 0.15) is 31.9 Å². The number of aromatic nitrogens is 1. The van der Waals surface area contributed by atoms with E-state index in [0.717, 1.165) is 25.8 Å². The first-order valence-corrected chi connectivity index (χ1v) is 8.62. The monoisotopic (exact) mass is 308 g/mol. The number of hydrogen-bond donors (Lipinski definition) is 1. The highest BCUT2D eigenvalue weighted by Gasteiger charge is 2.29. The molecule has 1 aliphatic rings. The second-order valence-corrected chi connectivity index (χ2v) is 6.97. The lowest BCUT2D eigenvalue weighted by Crippen LogP contribution is -2.45. The molecule has 1 N–H and O–H groups in total. The van der Waals surface area contributed by atoms with Crippen molar-refractivity contribution in [2.24, 2.45) is 0 Å². The van der Waals surface area contributed by atoms with Crippen LogP contribution in [0.4, 0.5) is 0 Å². The van der Waals surface area contributed by atoms with Crippen molar-refractivity contribution in [1.82, 2.24) is 14.6 Å². The van der Waals surface area contributed by atoms with Crippen LogP contribution in [0.25, 0.3) is 0 Å². The minimum absolute atomic E-state index is 0.00911. The van der Waals surface area contributed by atoms with Gasteiger partial charge in [0.05, 0.1) is 0 Å². The molecule has 1 aromatic rings. The predicted molar refractivity (Wildman–Crippen MR) is 79.0 cm³/mol. The summed E-state index contributed by atoms with van der Waals surface area (Å²) in [7, 11) is -3.68. The summed E-state index contributed by atoms with van der Waals surface area (Å²) in [6.45, 7) is 3.54. The van der Waals surface area contributed by atoms with E-state index in [-0.39, 0.29) is 16.6 Å². The molecule has 0 aliphatic carbocycles. The van der Waals surface area contributed by atoms with Gasteiger partial charge >= 0.3 is 0 Å². The fourth-order valence-corrected chi connectivity index (χ4v) is 4.13. The van der Waals surface area contributed by atoms with Gasteiger partial charge in [0.15, 0.2) is 5.69 Å². The van der Waals surface area contributed by atoms with Gasteiger partial charge in [-0.2, -0.15) is 9.57 Å². The SMILES string of the molecule is CCN(CC1CCCCN1)S(=O)(=O)c1cccnc1C#N. The highest BCUT2D eigenvalue weighted by molar-refractivity contribution is 7.89. The van der Waals surface area contributed by atoms with Crippen molar-refractivity contribution in [2.45, 2.75) is 37.1 Å². The Hall–Kier alpha value is -1.49. The Labute approximate surface area is 125 Å². The van der Waals surface area contributed by atoms with Crippen molar-refractivity contribution < 1.29 is 8.42 Å². The molecule has 2 rings (SSSR count). The number of nitriles is 1. The van der Waals surface area contributed by atoms with Crippen molar-refractivity contribution in [2.75, 3.05) is 19.6 Å². The Kier molecular flexibility index (Phi) is 5.28. The summed E-state index contributed by atoms with van der Waals surface area (Å²) in [5.41, 5.74) is -0.0486. The third-order valence-corrected chi connectivity index (χ3v) is 5.66. The van der Waals surface area contributed by atoms with E-state index < -0.39 is 10.0 Å². The maximum absolute atomic E-state index is 12.7. The van der Waals surface area contributed by atoms with Crippen molar-refractivity contribution >= 4 is 10.0 Å². The van der Waals surface area contributed by atoms with E-state index in [4.69, 9.17) is 5.26 Å². The number of likely N-dealkylation sites (N-methyl/N-ethyl adjacent to an activating group) is 1. The molecule has 2 heterocycles. The third-order valence-electron chi connectivity index (χ3n) is 3.68. The van der Waals surface area contributed by atoms with Crippen LogP contribution in [0.5, 0.6) is 0 Å². The number of sulfonamides is 1. The minimum Gasteiger partial charge on any atom is -0.313 e. The average Bonchev–Trinajstić information content (AvgIpc) is 2.53. The molecule has 0 radical (unpaired) electrons. The lowest BCUT2D eigenvalue weighted by molar-refractivity contribution is 0.319. The van der Waals surface area contributed by atoms with E-state index in [1.54, 1.807) is 6.07 Å². The summed E-state index contributed by atoms with van der Waals surface area (Å²) in [6.07, 6.45) is 4.66. The predicted octanol–water partition coefficient (Wildman–Crippen LogP) is 1.11. The topological polar surface area (TPSA) is 86.1 Å². The van der Waals surface area contributed by atoms with Crippen LogP contribution in [0.2, 0.25) is 0 Å². The van der Waals surface area contributed by atoms with E-state index in [9.17, 15) is 8.42 Å². The number of nitrogens with one attached hydrogen (secondary N) is 1. The van der Waals surface area contributed by atoms with Crippen LogP contribution in [0.15, 0.2) is 23.2 Å². The molecule has 0 bridgehead atoms. The summed E-state index contributed by atoms with van der Waals surface area (Å²) in [6, 6.07) is 5.01. The van der Waals surface area contributed by atoms with Gasteiger partial charge in [-0.05, 0) is 31.5 Å². The van der Waals surface area contributed by atoms with Crippen LogP contribution < -0.4 is 5.32 Å². The number of pyridine rings is 1. The van der Waals surface area contributed by atoms with Gasteiger partial charge in [0.2, 0.25) is 10.0 Å². The van der Waals surface area contributed by atoms with Crippen LogP contribution in [-0.4, -0.2) is 43.4 Å². The Balaban J connectivity index is 2.25. The zero-order valence-electron chi connectivity index (χ0n) is 12.1. The Morgan fingerprint density at radius 2 is 2.33 bits per heavy atom. The highest BCUT2D eigenvalue weighted by Crippen LogP contribution is 2.19. The number of nitrogens with zero attached hydrogens (tertiary/aromatic N) is 3. The lowest BCUT2D eigenvalue weighted by Gasteiger charge is -2.29. The first-order chi connectivity index (χ1) is 10.1. The third kappa shape index (κ3) is 3.59. The number of rotatable bonds is 5. The van der Waals surface area contributed by atoms with Crippen molar-refractivity contribution in [3.8, 4) is 6.07 Å². The largest absolute Gasteiger partial charge is 0.313 e. The van der Waals surface area contributed by atoms with Gasteiger partial charge < -0.3 is 5.32 Å². The molecule has 114 valence electrons. The molecule has 1 unspecified atom stereocenters. The summed E-state index contributed by atoms with van der Waals surface area (Å²) in [5, 5.41) is 12.4. The van der Waals surface area contributed by atoms with Gasteiger partial charge in [0, 0.05) is 25.3 Å². The van der Waals surface area contributed by atoms with E-state index in [2.05, 4.69) is 10.3 Å². The van der Waals surface area contributed by atoms with E-state index in [1.165, 1.54) is 16.6 Å². The smallest absolute Gasteiger partial charge is 0.246 e. The van der Waals surface area contributed by atoms with Gasteiger partial charge in [0.1, 0.15) is 11.0 Å². The van der Waals surface area contributed by atoms with Crippen molar-refractivity contribution in [3.05, 3.63) is 24.0 Å². The fraction of sp³-hybridized carbons (Fsp3) is 0.571. The van der Waals surface area contributed by atoms with E-state index >= 15 is 0 Å². The Morgan fingerprint density at radius 1 is 1.52 bits per heavy atom. The molecule has 0 spiro atoms. The number of piperidine rings is 1. The summed E-state index contributed by atoms with van der Waals surface area (Å²) in [5.74, 6) is 0. The van der Waals surface area contributed by atoms with Crippen molar-refractivity contribution in [1.29, 1.82) is 5.26 Å². The molecule has 1 aliphatic heterocycles. The lowest BCUT2D eigenvalue weighted by atomic mass is 10.1. The molecule has 1 atom stereocenters. The zero-order valence-corrected chi connectivity index (χ0v) is 12.9. The second kappa shape index (κ2) is 6.98. The Bertz CT molecular complexity index is 618. The molecule has 21 heavy (non-hydrogen) atoms. The maximum Gasteiger partial charge on any atom is 0.246 e. The summed E-state index contributed by atoms with van der Waals surface area (Å²) >= 11 is 0. The highest BCUT2D eigenvalue weighted by atomic mass is 32.2. The van der Waals surface area contributed by atoms with Gasteiger partial charge in [-0.3, -0.25) is 0 Å². The zero-order chi connectivity index (χ0) is 15.3. The quantitative estimate of drug-likeness (QED) is 0.880. The molecule has 0 amide bonds. The molecular formula is C14H20N4O2S. The fourth-order valence-electron chi connectivity index (χ4n) is 2.54. The van der Waals surface area contributed by atoms with Crippen LogP contribution in [0, 0.1) is 11.3 Å². The summed E-state index contributed by atoms with van der Waals surface area (Å²) < 4.78 is 26.9. The first kappa shape index (κ1) is 15.9. The van der Waals surface area contributed by atoms with Crippen molar-refractivity contribution in [3.63, 3.8) is 0 Å². The normalized spacial score (nSPS) is 19.4. The molecule has 7 heteroatoms. The molecule has 1 fully saturated rings. The molecule has 1 aromatic heterocycles. The molecule has 0 saturated carbocycles. The first-order valence-electron chi connectivity index (χ1n) is 7.18. The molecule has 1 saturated heterocycles. The van der Waals surface area contributed by atoms with E-state index in [0.29, 0.717) is 13.1 Å². The number of hydrogen-bond acceptors (Lipinski definition) is 5. The van der Waals surface area contributed by atoms with Gasteiger partial charge in [-0.1, -0.05) is 13.3 Å². The van der Waals surface area contributed by atoms with Crippen LogP contribution in [0.3, 0.4) is 0 Å². The molecule has 6 nitrogen and oxygen atoms in total. The average molecular weight is 308 g/mol. The van der Waals surface area contributed by atoms with Gasteiger partial charge in [0.25, 0.3) is 0 Å².